The third-order valence-corrected chi connectivity index (χ3v) is 6.45. The van der Waals surface area contributed by atoms with Crippen molar-refractivity contribution < 1.29 is 4.79 Å². The molecular weight excluding hydrogens is 296 g/mol. The first-order valence-corrected chi connectivity index (χ1v) is 9.26. The van der Waals surface area contributed by atoms with E-state index in [1.807, 2.05) is 24.3 Å². The van der Waals surface area contributed by atoms with Crippen LogP contribution in [0.5, 0.6) is 0 Å². The van der Waals surface area contributed by atoms with Crippen molar-refractivity contribution in [2.75, 3.05) is 5.32 Å². The van der Waals surface area contributed by atoms with E-state index in [0.29, 0.717) is 0 Å². The molecule has 0 radical (unpaired) electrons. The molecule has 0 atom stereocenters. The largest absolute Gasteiger partial charge is 0.332 e. The predicted molar refractivity (Wildman–Crippen MR) is 97.0 cm³/mol. The number of rotatable bonds is 2. The lowest BCUT2D eigenvalue weighted by Gasteiger charge is -2.56. The number of hydrogen-bond acceptors (Lipinski definition) is 1. The van der Waals surface area contributed by atoms with E-state index in [0.717, 1.165) is 34.2 Å². The summed E-state index contributed by atoms with van der Waals surface area (Å²) >= 11 is 0. The van der Waals surface area contributed by atoms with Crippen LogP contribution in [0.25, 0.3) is 10.8 Å². The molecule has 2 aromatic carbocycles. The quantitative estimate of drug-likeness (QED) is 0.809. The SMILES string of the molecule is O=C(Nc1cccc2ccccc12)NC12CC3CC(CC(C3)C1)C2. The molecular formula is C21H24N2O. The molecule has 4 saturated carbocycles. The Bertz CT molecular complexity index is 757. The summed E-state index contributed by atoms with van der Waals surface area (Å²) in [4.78, 5) is 12.7. The van der Waals surface area contributed by atoms with E-state index in [-0.39, 0.29) is 11.6 Å². The topological polar surface area (TPSA) is 41.1 Å². The predicted octanol–water partition coefficient (Wildman–Crippen LogP) is 4.93. The summed E-state index contributed by atoms with van der Waals surface area (Å²) in [5, 5.41) is 8.75. The van der Waals surface area contributed by atoms with Crippen LogP contribution in [0.2, 0.25) is 0 Å². The number of benzene rings is 2. The van der Waals surface area contributed by atoms with Crippen LogP contribution in [-0.2, 0) is 0 Å². The maximum absolute atomic E-state index is 12.7. The highest BCUT2D eigenvalue weighted by molar-refractivity contribution is 6.01. The number of carbonyl (C=O) groups excluding carboxylic acids is 1. The number of anilines is 1. The standard InChI is InChI=1S/C21H24N2O/c24-20(22-19-7-3-5-17-4-1-2-6-18(17)19)23-21-11-14-8-15(12-21)10-16(9-14)13-21/h1-7,14-16H,8-13H2,(H2,22,23,24). The van der Waals surface area contributed by atoms with Crippen LogP contribution in [0.1, 0.15) is 38.5 Å². The van der Waals surface area contributed by atoms with Crippen molar-refractivity contribution in [2.45, 2.75) is 44.1 Å². The highest BCUT2D eigenvalue weighted by Gasteiger charge is 2.51. The molecule has 6 rings (SSSR count). The molecule has 3 nitrogen and oxygen atoms in total. The van der Waals surface area contributed by atoms with Gasteiger partial charge in [-0.2, -0.15) is 0 Å². The van der Waals surface area contributed by atoms with Crippen LogP contribution < -0.4 is 10.6 Å². The number of fused-ring (bicyclic) bond motifs is 1. The maximum Gasteiger partial charge on any atom is 0.319 e. The first-order valence-electron chi connectivity index (χ1n) is 9.26. The minimum absolute atomic E-state index is 0.0340. The average Bonchev–Trinajstić information content (AvgIpc) is 2.53. The van der Waals surface area contributed by atoms with Gasteiger partial charge in [-0.3, -0.25) is 0 Å². The fourth-order valence-electron chi connectivity index (χ4n) is 5.99. The minimum Gasteiger partial charge on any atom is -0.332 e. The molecule has 0 heterocycles. The van der Waals surface area contributed by atoms with Crippen molar-refractivity contribution in [3.05, 3.63) is 42.5 Å². The van der Waals surface area contributed by atoms with E-state index in [4.69, 9.17) is 0 Å². The van der Waals surface area contributed by atoms with Gasteiger partial charge in [0, 0.05) is 10.9 Å². The number of urea groups is 1. The van der Waals surface area contributed by atoms with E-state index in [2.05, 4.69) is 28.8 Å². The zero-order valence-electron chi connectivity index (χ0n) is 13.9. The molecule has 4 fully saturated rings. The normalized spacial score (nSPS) is 33.6. The Morgan fingerprint density at radius 2 is 1.50 bits per heavy atom. The van der Waals surface area contributed by atoms with Gasteiger partial charge in [0.15, 0.2) is 0 Å². The second-order valence-electron chi connectivity index (χ2n) is 8.30. The van der Waals surface area contributed by atoms with Gasteiger partial charge in [-0.05, 0) is 67.7 Å². The molecule has 2 amide bonds. The fourth-order valence-corrected chi connectivity index (χ4v) is 5.99. The number of hydrogen-bond donors (Lipinski definition) is 2. The third-order valence-electron chi connectivity index (χ3n) is 6.45. The van der Waals surface area contributed by atoms with E-state index in [1.54, 1.807) is 0 Å². The van der Waals surface area contributed by atoms with Gasteiger partial charge >= 0.3 is 6.03 Å². The van der Waals surface area contributed by atoms with E-state index >= 15 is 0 Å². The fraction of sp³-hybridized carbons (Fsp3) is 0.476. The molecule has 0 spiro atoms. The first kappa shape index (κ1) is 14.3. The number of carbonyl (C=O) groups is 1. The molecule has 4 aliphatic rings. The summed E-state index contributed by atoms with van der Waals surface area (Å²) in [5.41, 5.74) is 0.957. The summed E-state index contributed by atoms with van der Waals surface area (Å²) in [5.74, 6) is 2.53. The molecule has 24 heavy (non-hydrogen) atoms. The van der Waals surface area contributed by atoms with Gasteiger partial charge in [-0.1, -0.05) is 36.4 Å². The van der Waals surface area contributed by atoms with E-state index in [1.165, 1.54) is 38.5 Å². The Hall–Kier alpha value is -2.03. The lowest BCUT2D eigenvalue weighted by Crippen LogP contribution is -2.60. The summed E-state index contributed by atoms with van der Waals surface area (Å²) in [6, 6.07) is 14.2. The van der Waals surface area contributed by atoms with Crippen molar-refractivity contribution in [2.24, 2.45) is 17.8 Å². The molecule has 4 aliphatic carbocycles. The Labute approximate surface area is 142 Å². The lowest BCUT2D eigenvalue weighted by molar-refractivity contribution is -0.0127. The van der Waals surface area contributed by atoms with Gasteiger partial charge in [-0.15, -0.1) is 0 Å². The zero-order valence-corrected chi connectivity index (χ0v) is 13.9. The summed E-state index contributed by atoms with van der Waals surface area (Å²) in [6.07, 6.45) is 7.73. The van der Waals surface area contributed by atoms with E-state index < -0.39 is 0 Å². The highest BCUT2D eigenvalue weighted by atomic mass is 16.2. The molecule has 3 heteroatoms. The summed E-state index contributed by atoms with van der Waals surface area (Å²) in [6.45, 7) is 0. The highest BCUT2D eigenvalue weighted by Crippen LogP contribution is 2.55. The van der Waals surface area contributed by atoms with Crippen molar-refractivity contribution in [3.8, 4) is 0 Å². The first-order chi connectivity index (χ1) is 11.7. The van der Waals surface area contributed by atoms with Gasteiger partial charge in [0.05, 0.1) is 5.69 Å². The van der Waals surface area contributed by atoms with Gasteiger partial charge in [0.25, 0.3) is 0 Å². The number of amides is 2. The Morgan fingerprint density at radius 1 is 0.875 bits per heavy atom. The van der Waals surface area contributed by atoms with Gasteiger partial charge in [0.2, 0.25) is 0 Å². The van der Waals surface area contributed by atoms with Crippen LogP contribution in [0, 0.1) is 17.8 Å². The van der Waals surface area contributed by atoms with E-state index in [9.17, 15) is 4.79 Å². The van der Waals surface area contributed by atoms with Crippen molar-refractivity contribution in [1.82, 2.24) is 5.32 Å². The summed E-state index contributed by atoms with van der Waals surface area (Å²) < 4.78 is 0. The average molecular weight is 320 g/mol. The molecule has 2 aromatic rings. The van der Waals surface area contributed by atoms with Crippen molar-refractivity contribution in [1.29, 1.82) is 0 Å². The molecule has 2 N–H and O–H groups in total. The van der Waals surface area contributed by atoms with Crippen LogP contribution in [0.4, 0.5) is 10.5 Å². The molecule has 0 aliphatic heterocycles. The molecule has 4 bridgehead atoms. The second-order valence-corrected chi connectivity index (χ2v) is 8.30. The Morgan fingerprint density at radius 3 is 2.21 bits per heavy atom. The third kappa shape index (κ3) is 2.38. The zero-order chi connectivity index (χ0) is 16.1. The van der Waals surface area contributed by atoms with Crippen molar-refractivity contribution in [3.63, 3.8) is 0 Å². The minimum atomic E-state index is -0.0340. The van der Waals surface area contributed by atoms with Crippen LogP contribution in [0.15, 0.2) is 42.5 Å². The second kappa shape index (κ2) is 5.23. The van der Waals surface area contributed by atoms with Gasteiger partial charge in [-0.25, -0.2) is 4.79 Å². The summed E-state index contributed by atoms with van der Waals surface area (Å²) in [7, 11) is 0. The smallest absolute Gasteiger partial charge is 0.319 e. The number of nitrogens with one attached hydrogen (secondary N) is 2. The molecule has 0 unspecified atom stereocenters. The maximum atomic E-state index is 12.7. The molecule has 124 valence electrons. The molecule has 0 saturated heterocycles. The van der Waals surface area contributed by atoms with Crippen LogP contribution in [-0.4, -0.2) is 11.6 Å². The van der Waals surface area contributed by atoms with Crippen LogP contribution in [0.3, 0.4) is 0 Å². The van der Waals surface area contributed by atoms with Gasteiger partial charge in [0.1, 0.15) is 0 Å². The Balaban J connectivity index is 1.36. The molecule has 0 aromatic heterocycles. The van der Waals surface area contributed by atoms with Crippen molar-refractivity contribution >= 4 is 22.5 Å². The monoisotopic (exact) mass is 320 g/mol. The van der Waals surface area contributed by atoms with Gasteiger partial charge < -0.3 is 10.6 Å². The lowest BCUT2D eigenvalue weighted by atomic mass is 9.53. The van der Waals surface area contributed by atoms with Crippen LogP contribution >= 0.6 is 0 Å². The Kier molecular flexibility index (Phi) is 3.12.